The Kier molecular flexibility index (Phi) is 4.56. The lowest BCUT2D eigenvalue weighted by Gasteiger charge is -2.15. The third kappa shape index (κ3) is 4.30. The van der Waals surface area contributed by atoms with Gasteiger partial charge in [-0.1, -0.05) is 19.9 Å². The molecule has 3 nitrogen and oxygen atoms in total. The van der Waals surface area contributed by atoms with E-state index in [1.165, 1.54) is 0 Å². The lowest BCUT2D eigenvalue weighted by atomic mass is 10.1. The van der Waals surface area contributed by atoms with Gasteiger partial charge in [0.15, 0.2) is 0 Å². The third-order valence-electron chi connectivity index (χ3n) is 2.16. The maximum absolute atomic E-state index is 5.67. The van der Waals surface area contributed by atoms with Crippen molar-refractivity contribution in [2.45, 2.75) is 39.8 Å². The number of ether oxygens (including phenoxy) is 1. The monoisotopic (exact) mass is 208 g/mol. The van der Waals surface area contributed by atoms with E-state index in [0.717, 1.165) is 12.0 Å². The number of rotatable bonds is 5. The molecule has 0 amide bonds. The van der Waals surface area contributed by atoms with Crippen molar-refractivity contribution in [2.75, 3.05) is 0 Å². The van der Waals surface area contributed by atoms with Crippen molar-refractivity contribution in [1.29, 1.82) is 0 Å². The Morgan fingerprint density at radius 1 is 1.33 bits per heavy atom. The van der Waals surface area contributed by atoms with Gasteiger partial charge in [0.2, 0.25) is 5.88 Å². The number of nitrogens with two attached hydrogens (primary N) is 1. The molecule has 0 aliphatic carbocycles. The van der Waals surface area contributed by atoms with E-state index in [1.54, 1.807) is 6.20 Å². The molecule has 15 heavy (non-hydrogen) atoms. The van der Waals surface area contributed by atoms with Crippen molar-refractivity contribution in [2.24, 2.45) is 11.7 Å². The molecule has 1 unspecified atom stereocenters. The average molecular weight is 208 g/mol. The van der Waals surface area contributed by atoms with Crippen molar-refractivity contribution >= 4 is 0 Å². The summed E-state index contributed by atoms with van der Waals surface area (Å²) in [6, 6.07) is 3.82. The molecule has 3 heteroatoms. The second-order valence-corrected chi connectivity index (χ2v) is 4.27. The molecule has 0 fully saturated rings. The van der Waals surface area contributed by atoms with Crippen LogP contribution in [0.15, 0.2) is 18.3 Å². The number of hydrogen-bond donors (Lipinski definition) is 1. The molecule has 0 saturated carbocycles. The van der Waals surface area contributed by atoms with Gasteiger partial charge in [-0.2, -0.15) is 0 Å². The average Bonchev–Trinajstić information content (AvgIpc) is 2.17. The molecule has 0 spiro atoms. The summed E-state index contributed by atoms with van der Waals surface area (Å²) in [7, 11) is 0. The van der Waals surface area contributed by atoms with E-state index in [-0.39, 0.29) is 6.10 Å². The van der Waals surface area contributed by atoms with Crippen molar-refractivity contribution in [3.8, 4) is 5.88 Å². The maximum Gasteiger partial charge on any atom is 0.213 e. The summed E-state index contributed by atoms with van der Waals surface area (Å²) in [5.41, 5.74) is 6.51. The van der Waals surface area contributed by atoms with Gasteiger partial charge in [-0.05, 0) is 24.8 Å². The summed E-state index contributed by atoms with van der Waals surface area (Å²) in [5.74, 6) is 1.32. The second-order valence-electron chi connectivity index (χ2n) is 4.27. The first-order chi connectivity index (χ1) is 7.11. The Bertz CT molecular complexity index is 282. The van der Waals surface area contributed by atoms with Crippen molar-refractivity contribution in [3.05, 3.63) is 23.9 Å². The van der Waals surface area contributed by atoms with Crippen LogP contribution in [0.5, 0.6) is 5.88 Å². The third-order valence-corrected chi connectivity index (χ3v) is 2.16. The summed E-state index contributed by atoms with van der Waals surface area (Å²) < 4.78 is 5.67. The summed E-state index contributed by atoms with van der Waals surface area (Å²) in [6.07, 6.45) is 3.01. The minimum Gasteiger partial charge on any atom is -0.475 e. The molecule has 0 aromatic carbocycles. The van der Waals surface area contributed by atoms with E-state index in [2.05, 4.69) is 25.8 Å². The highest BCUT2D eigenvalue weighted by Crippen LogP contribution is 2.13. The zero-order valence-corrected chi connectivity index (χ0v) is 9.73. The molecule has 1 atom stereocenters. The SMILES string of the molecule is CC(C)CC(C)Oc1ccc(CN)cn1. The molecule has 84 valence electrons. The lowest BCUT2D eigenvalue weighted by molar-refractivity contribution is 0.185. The van der Waals surface area contributed by atoms with E-state index in [0.29, 0.717) is 18.3 Å². The highest BCUT2D eigenvalue weighted by molar-refractivity contribution is 5.17. The van der Waals surface area contributed by atoms with Crippen LogP contribution in [0.1, 0.15) is 32.8 Å². The molecule has 0 aliphatic rings. The first-order valence-corrected chi connectivity index (χ1v) is 5.43. The van der Waals surface area contributed by atoms with Gasteiger partial charge >= 0.3 is 0 Å². The number of nitrogens with zero attached hydrogens (tertiary/aromatic N) is 1. The Morgan fingerprint density at radius 2 is 2.07 bits per heavy atom. The standard InChI is InChI=1S/C12H20N2O/c1-9(2)6-10(3)15-12-5-4-11(7-13)8-14-12/h4-5,8-10H,6-7,13H2,1-3H3. The zero-order chi connectivity index (χ0) is 11.3. The van der Waals surface area contributed by atoms with Crippen LogP contribution in [-0.2, 0) is 6.54 Å². The van der Waals surface area contributed by atoms with Gasteiger partial charge in [-0.3, -0.25) is 0 Å². The quantitative estimate of drug-likeness (QED) is 0.808. The van der Waals surface area contributed by atoms with Gasteiger partial charge in [-0.25, -0.2) is 4.98 Å². The number of hydrogen-bond acceptors (Lipinski definition) is 3. The molecule has 0 saturated heterocycles. The fourth-order valence-electron chi connectivity index (χ4n) is 1.52. The van der Waals surface area contributed by atoms with Crippen molar-refractivity contribution in [1.82, 2.24) is 4.98 Å². The molecule has 0 bridgehead atoms. The van der Waals surface area contributed by atoms with Gasteiger partial charge in [0.1, 0.15) is 0 Å². The van der Waals surface area contributed by atoms with Crippen LogP contribution in [-0.4, -0.2) is 11.1 Å². The Morgan fingerprint density at radius 3 is 2.53 bits per heavy atom. The lowest BCUT2D eigenvalue weighted by Crippen LogP contribution is -2.15. The molecule has 1 aromatic heterocycles. The summed E-state index contributed by atoms with van der Waals surface area (Å²) in [4.78, 5) is 4.19. The Labute approximate surface area is 91.7 Å². The Balaban J connectivity index is 2.49. The summed E-state index contributed by atoms with van der Waals surface area (Å²) in [5, 5.41) is 0. The van der Waals surface area contributed by atoms with E-state index >= 15 is 0 Å². The predicted molar refractivity (Wildman–Crippen MR) is 61.7 cm³/mol. The van der Waals surface area contributed by atoms with E-state index < -0.39 is 0 Å². The largest absolute Gasteiger partial charge is 0.475 e. The smallest absolute Gasteiger partial charge is 0.213 e. The van der Waals surface area contributed by atoms with Gasteiger partial charge < -0.3 is 10.5 Å². The normalized spacial score (nSPS) is 12.9. The number of aromatic nitrogens is 1. The highest BCUT2D eigenvalue weighted by Gasteiger charge is 2.07. The zero-order valence-electron chi connectivity index (χ0n) is 9.73. The molecule has 0 aliphatic heterocycles. The molecule has 1 rings (SSSR count). The predicted octanol–water partition coefficient (Wildman–Crippen LogP) is 2.35. The van der Waals surface area contributed by atoms with E-state index in [9.17, 15) is 0 Å². The maximum atomic E-state index is 5.67. The first kappa shape index (κ1) is 12.0. The topological polar surface area (TPSA) is 48.1 Å². The molecule has 1 aromatic rings. The summed E-state index contributed by atoms with van der Waals surface area (Å²) in [6.45, 7) is 6.96. The van der Waals surface area contributed by atoms with E-state index in [1.807, 2.05) is 12.1 Å². The molecule has 0 radical (unpaired) electrons. The number of pyridine rings is 1. The minimum absolute atomic E-state index is 0.209. The van der Waals surface area contributed by atoms with Gasteiger partial charge in [0, 0.05) is 18.8 Å². The van der Waals surface area contributed by atoms with Gasteiger partial charge in [0.05, 0.1) is 6.10 Å². The summed E-state index contributed by atoms with van der Waals surface area (Å²) >= 11 is 0. The van der Waals surface area contributed by atoms with Crippen LogP contribution in [0, 0.1) is 5.92 Å². The van der Waals surface area contributed by atoms with Crippen LogP contribution in [0.4, 0.5) is 0 Å². The van der Waals surface area contributed by atoms with Crippen LogP contribution in [0.25, 0.3) is 0 Å². The molecular weight excluding hydrogens is 188 g/mol. The van der Waals surface area contributed by atoms with Crippen molar-refractivity contribution in [3.63, 3.8) is 0 Å². The minimum atomic E-state index is 0.209. The van der Waals surface area contributed by atoms with Crippen LogP contribution >= 0.6 is 0 Å². The molecule has 1 heterocycles. The van der Waals surface area contributed by atoms with E-state index in [4.69, 9.17) is 10.5 Å². The van der Waals surface area contributed by atoms with Crippen molar-refractivity contribution < 1.29 is 4.74 Å². The first-order valence-electron chi connectivity index (χ1n) is 5.43. The second kappa shape index (κ2) is 5.71. The highest BCUT2D eigenvalue weighted by atomic mass is 16.5. The fourth-order valence-corrected chi connectivity index (χ4v) is 1.52. The molecular formula is C12H20N2O. The van der Waals surface area contributed by atoms with Gasteiger partial charge in [-0.15, -0.1) is 0 Å². The van der Waals surface area contributed by atoms with Crippen LogP contribution < -0.4 is 10.5 Å². The molecule has 2 N–H and O–H groups in total. The fraction of sp³-hybridized carbons (Fsp3) is 0.583. The van der Waals surface area contributed by atoms with Gasteiger partial charge in [0.25, 0.3) is 0 Å². The van der Waals surface area contributed by atoms with Crippen LogP contribution in [0.3, 0.4) is 0 Å². The van der Waals surface area contributed by atoms with Crippen LogP contribution in [0.2, 0.25) is 0 Å². The Hall–Kier alpha value is -1.09.